The SMILES string of the molecule is CC1=CC=C[N+]([O-])(c2ccc(C)c([N+](=O)[O-])c2)C1=S(=O)=O. The summed E-state index contributed by atoms with van der Waals surface area (Å²) >= 11 is 0. The van der Waals surface area contributed by atoms with Gasteiger partial charge in [0.2, 0.25) is 0 Å². The molecular weight excluding hydrogens is 296 g/mol. The van der Waals surface area contributed by atoms with Crippen LogP contribution in [-0.4, -0.2) is 18.3 Å². The molecule has 0 bridgehead atoms. The van der Waals surface area contributed by atoms with Crippen molar-refractivity contribution in [3.8, 4) is 0 Å². The Hall–Kier alpha value is -2.29. The first kappa shape index (κ1) is 15.1. The van der Waals surface area contributed by atoms with Crippen LogP contribution in [0, 0.1) is 22.2 Å². The van der Waals surface area contributed by atoms with Crippen molar-refractivity contribution in [1.82, 2.24) is 4.65 Å². The Morgan fingerprint density at radius 1 is 1.24 bits per heavy atom. The molecule has 0 saturated heterocycles. The van der Waals surface area contributed by atoms with E-state index < -0.39 is 19.9 Å². The summed E-state index contributed by atoms with van der Waals surface area (Å²) in [6.45, 7) is 3.05. The van der Waals surface area contributed by atoms with Gasteiger partial charge in [0.1, 0.15) is 11.9 Å². The summed E-state index contributed by atoms with van der Waals surface area (Å²) in [6.07, 6.45) is 4.07. The van der Waals surface area contributed by atoms with Gasteiger partial charge in [-0.1, -0.05) is 0 Å². The highest BCUT2D eigenvalue weighted by Crippen LogP contribution is 2.32. The van der Waals surface area contributed by atoms with Gasteiger partial charge in [0.25, 0.3) is 21.0 Å². The van der Waals surface area contributed by atoms with E-state index in [1.165, 1.54) is 31.2 Å². The molecule has 0 amide bonds. The summed E-state index contributed by atoms with van der Waals surface area (Å²) in [4.78, 5) is 10.00. The maximum atomic E-state index is 13.0. The Labute approximate surface area is 122 Å². The Bertz CT molecular complexity index is 815. The van der Waals surface area contributed by atoms with Crippen molar-refractivity contribution in [3.63, 3.8) is 0 Å². The number of hydrogen-bond donors (Lipinski definition) is 0. The van der Waals surface area contributed by atoms with Gasteiger partial charge >= 0.3 is 0 Å². The number of nitrogens with zero attached hydrogens (tertiary/aromatic N) is 2. The fourth-order valence-electron chi connectivity index (χ4n) is 2.16. The number of allylic oxidation sites excluding steroid dienone is 2. The highest BCUT2D eigenvalue weighted by Gasteiger charge is 2.32. The van der Waals surface area contributed by atoms with E-state index in [4.69, 9.17) is 0 Å². The Morgan fingerprint density at radius 2 is 1.90 bits per heavy atom. The summed E-state index contributed by atoms with van der Waals surface area (Å²) < 4.78 is 21.4. The van der Waals surface area contributed by atoms with E-state index in [-0.39, 0.29) is 16.4 Å². The van der Waals surface area contributed by atoms with Crippen LogP contribution in [0.5, 0.6) is 0 Å². The average Bonchev–Trinajstić information content (AvgIpc) is 2.37. The van der Waals surface area contributed by atoms with E-state index in [2.05, 4.69) is 0 Å². The van der Waals surface area contributed by atoms with Crippen LogP contribution in [-0.2, 0) is 10.3 Å². The van der Waals surface area contributed by atoms with Gasteiger partial charge in [0.15, 0.2) is 0 Å². The predicted octanol–water partition coefficient (Wildman–Crippen LogP) is 2.19. The maximum absolute atomic E-state index is 13.0. The van der Waals surface area contributed by atoms with Crippen molar-refractivity contribution in [2.45, 2.75) is 13.8 Å². The van der Waals surface area contributed by atoms with E-state index in [1.807, 2.05) is 0 Å². The van der Waals surface area contributed by atoms with Gasteiger partial charge in [-0.3, -0.25) is 14.8 Å². The van der Waals surface area contributed by atoms with Crippen LogP contribution in [0.2, 0.25) is 0 Å². The zero-order valence-corrected chi connectivity index (χ0v) is 12.1. The smallest absolute Gasteiger partial charge is 0.278 e. The van der Waals surface area contributed by atoms with Gasteiger partial charge < -0.3 is 5.21 Å². The minimum Gasteiger partial charge on any atom is -0.616 e. The lowest BCUT2D eigenvalue weighted by atomic mass is 10.1. The Balaban J connectivity index is 2.73. The Kier molecular flexibility index (Phi) is 3.77. The lowest BCUT2D eigenvalue weighted by molar-refractivity contribution is -0.385. The van der Waals surface area contributed by atoms with Gasteiger partial charge in [-0.05, 0) is 32.1 Å². The summed E-state index contributed by atoms with van der Waals surface area (Å²) in [5.74, 6) is 0. The van der Waals surface area contributed by atoms with Crippen molar-refractivity contribution in [2.75, 3.05) is 0 Å². The third kappa shape index (κ3) is 2.51. The first-order valence-electron chi connectivity index (χ1n) is 5.96. The van der Waals surface area contributed by atoms with Gasteiger partial charge in [0.05, 0.1) is 11.0 Å². The summed E-state index contributed by atoms with van der Waals surface area (Å²) in [7, 11) is -2.74. The van der Waals surface area contributed by atoms with Crippen LogP contribution >= 0.6 is 0 Å². The normalized spacial score (nSPS) is 21.1. The number of rotatable bonds is 2. The second kappa shape index (κ2) is 5.24. The molecule has 0 saturated carbocycles. The zero-order valence-electron chi connectivity index (χ0n) is 11.3. The van der Waals surface area contributed by atoms with E-state index >= 15 is 0 Å². The lowest BCUT2D eigenvalue weighted by Gasteiger charge is -2.38. The second-order valence-electron chi connectivity index (χ2n) is 4.62. The molecule has 0 aliphatic carbocycles. The minimum atomic E-state index is -2.74. The molecule has 1 unspecified atom stereocenters. The number of aryl methyl sites for hydroxylation is 1. The molecule has 1 aliphatic heterocycles. The molecule has 0 N–H and O–H groups in total. The van der Waals surface area contributed by atoms with Crippen molar-refractivity contribution in [1.29, 1.82) is 0 Å². The predicted molar refractivity (Wildman–Crippen MR) is 79.8 cm³/mol. The number of benzene rings is 1. The molecular formula is C13H12N2O5S. The van der Waals surface area contributed by atoms with E-state index in [0.717, 1.165) is 12.3 Å². The van der Waals surface area contributed by atoms with E-state index in [9.17, 15) is 23.7 Å². The van der Waals surface area contributed by atoms with Crippen LogP contribution in [0.3, 0.4) is 0 Å². The second-order valence-corrected chi connectivity index (χ2v) is 5.47. The van der Waals surface area contributed by atoms with Crippen LogP contribution in [0.1, 0.15) is 12.5 Å². The van der Waals surface area contributed by atoms with Gasteiger partial charge in [-0.2, -0.15) is 8.42 Å². The largest absolute Gasteiger partial charge is 0.616 e. The van der Waals surface area contributed by atoms with Gasteiger partial charge in [-0.25, -0.2) is 0 Å². The number of hydroxylamine groups is 2. The summed E-state index contributed by atoms with van der Waals surface area (Å²) in [6, 6.07) is 3.93. The molecule has 1 aromatic carbocycles. The lowest BCUT2D eigenvalue weighted by Crippen LogP contribution is -2.46. The summed E-state index contributed by atoms with van der Waals surface area (Å²) in [5.41, 5.74) is 0.435. The highest BCUT2D eigenvalue weighted by molar-refractivity contribution is 7.73. The van der Waals surface area contributed by atoms with Crippen molar-refractivity contribution >= 4 is 26.7 Å². The monoisotopic (exact) mass is 308 g/mol. The van der Waals surface area contributed by atoms with E-state index in [0.29, 0.717) is 11.1 Å². The minimum absolute atomic E-state index is 0.0322. The number of hydrogen-bond acceptors (Lipinski definition) is 5. The maximum Gasteiger partial charge on any atom is 0.278 e. The number of quaternary nitrogens is 1. The summed E-state index contributed by atoms with van der Waals surface area (Å²) in [5, 5.41) is 23.9. The molecule has 0 radical (unpaired) electrons. The first-order valence-corrected chi connectivity index (χ1v) is 7.03. The molecule has 1 aliphatic rings. The van der Waals surface area contributed by atoms with Crippen LogP contribution < -0.4 is 4.65 Å². The van der Waals surface area contributed by atoms with Gasteiger partial charge in [0, 0.05) is 17.2 Å². The van der Waals surface area contributed by atoms with Crippen LogP contribution in [0.15, 0.2) is 42.1 Å². The molecule has 0 spiro atoms. The fourth-order valence-corrected chi connectivity index (χ4v) is 2.87. The topological polar surface area (TPSA) is 100 Å². The highest BCUT2D eigenvalue weighted by atomic mass is 32.2. The fraction of sp³-hybridized carbons (Fsp3) is 0.154. The van der Waals surface area contributed by atoms with Crippen LogP contribution in [0.25, 0.3) is 0 Å². The van der Waals surface area contributed by atoms with Crippen molar-refractivity contribution < 1.29 is 13.3 Å². The van der Waals surface area contributed by atoms with Crippen molar-refractivity contribution in [3.05, 3.63) is 63.0 Å². The number of nitro benzene ring substituents is 1. The average molecular weight is 308 g/mol. The molecule has 7 nitrogen and oxygen atoms in total. The molecule has 8 heteroatoms. The zero-order chi connectivity index (χ0) is 15.8. The van der Waals surface area contributed by atoms with Crippen LogP contribution in [0.4, 0.5) is 11.4 Å². The third-order valence-electron chi connectivity index (χ3n) is 3.21. The van der Waals surface area contributed by atoms with Gasteiger partial charge in [-0.15, -0.1) is 0 Å². The molecule has 0 aromatic heterocycles. The standard InChI is InChI=1S/C13H12N2O5S/c1-9-5-6-11(8-12(9)14(16)17)15(18)7-3-4-10(2)13(15)21(19)20/h3-8H,1-2H3. The van der Waals surface area contributed by atoms with E-state index in [1.54, 1.807) is 6.92 Å². The Morgan fingerprint density at radius 3 is 2.48 bits per heavy atom. The quantitative estimate of drug-likeness (QED) is 0.274. The molecule has 21 heavy (non-hydrogen) atoms. The molecule has 0 fully saturated rings. The third-order valence-corrected chi connectivity index (χ3v) is 4.12. The molecule has 2 rings (SSSR count). The first-order chi connectivity index (χ1) is 9.77. The molecule has 1 atom stereocenters. The molecule has 1 aromatic rings. The number of nitro groups is 1. The van der Waals surface area contributed by atoms with Crippen molar-refractivity contribution in [2.24, 2.45) is 0 Å². The molecule has 110 valence electrons. The molecule has 1 heterocycles.